The summed E-state index contributed by atoms with van der Waals surface area (Å²) in [4.78, 5) is 19.1. The fourth-order valence-electron chi connectivity index (χ4n) is 1.14. The molecule has 0 bridgehead atoms. The van der Waals surface area contributed by atoms with Gasteiger partial charge in [0.1, 0.15) is 10.8 Å². The van der Waals surface area contributed by atoms with Gasteiger partial charge < -0.3 is 10.4 Å². The van der Waals surface area contributed by atoms with E-state index in [0.717, 1.165) is 6.42 Å². The van der Waals surface area contributed by atoms with Gasteiger partial charge in [-0.2, -0.15) is 0 Å². The monoisotopic (exact) mass is 243 g/mol. The van der Waals surface area contributed by atoms with Crippen molar-refractivity contribution < 1.29 is 9.90 Å². The molecule has 88 valence electrons. The molecule has 0 spiro atoms. The van der Waals surface area contributed by atoms with Crippen LogP contribution in [0.3, 0.4) is 0 Å². The van der Waals surface area contributed by atoms with Crippen LogP contribution in [-0.2, 0) is 0 Å². The van der Waals surface area contributed by atoms with Crippen LogP contribution in [0.1, 0.15) is 30.3 Å². The SMILES string of the molecule is CC(O)CCCNC(=O)c1cncc(Cl)n1. The molecule has 1 rings (SSSR count). The molecule has 5 nitrogen and oxygen atoms in total. The number of amides is 1. The number of aliphatic hydroxyl groups is 1. The van der Waals surface area contributed by atoms with Crippen LogP contribution in [0.5, 0.6) is 0 Å². The van der Waals surface area contributed by atoms with Crippen molar-refractivity contribution >= 4 is 17.5 Å². The van der Waals surface area contributed by atoms with Gasteiger partial charge in [0.05, 0.1) is 18.5 Å². The third kappa shape index (κ3) is 4.55. The lowest BCUT2D eigenvalue weighted by Gasteiger charge is -2.05. The number of hydrogen-bond acceptors (Lipinski definition) is 4. The second-order valence-electron chi connectivity index (χ2n) is 3.47. The molecular weight excluding hydrogens is 230 g/mol. The third-order valence-corrected chi connectivity index (χ3v) is 2.10. The lowest BCUT2D eigenvalue weighted by Crippen LogP contribution is -2.26. The molecule has 0 fully saturated rings. The van der Waals surface area contributed by atoms with Gasteiger partial charge >= 0.3 is 0 Å². The van der Waals surface area contributed by atoms with E-state index in [0.29, 0.717) is 13.0 Å². The van der Waals surface area contributed by atoms with E-state index in [2.05, 4.69) is 15.3 Å². The summed E-state index contributed by atoms with van der Waals surface area (Å²) in [5, 5.41) is 11.9. The van der Waals surface area contributed by atoms with E-state index in [4.69, 9.17) is 16.7 Å². The highest BCUT2D eigenvalue weighted by Crippen LogP contribution is 2.02. The number of nitrogens with zero attached hydrogens (tertiary/aromatic N) is 2. The molecule has 1 amide bonds. The molecule has 0 saturated carbocycles. The summed E-state index contributed by atoms with van der Waals surface area (Å²) >= 11 is 5.61. The van der Waals surface area contributed by atoms with Crippen LogP contribution >= 0.6 is 11.6 Å². The smallest absolute Gasteiger partial charge is 0.271 e. The second kappa shape index (κ2) is 6.40. The van der Waals surface area contributed by atoms with Crippen LogP contribution in [0.4, 0.5) is 0 Å². The standard InChI is InChI=1S/C10H14ClN3O2/c1-7(15)3-2-4-13-10(16)8-5-12-6-9(11)14-8/h5-7,15H,2-4H2,1H3,(H,13,16). The number of hydrogen-bond donors (Lipinski definition) is 2. The van der Waals surface area contributed by atoms with Crippen molar-refractivity contribution in [1.82, 2.24) is 15.3 Å². The first-order valence-corrected chi connectivity index (χ1v) is 5.41. The normalized spacial score (nSPS) is 12.2. The quantitative estimate of drug-likeness (QED) is 0.758. The first-order chi connectivity index (χ1) is 7.59. The zero-order valence-electron chi connectivity index (χ0n) is 8.98. The van der Waals surface area contributed by atoms with Crippen molar-refractivity contribution in [3.05, 3.63) is 23.2 Å². The predicted octanol–water partition coefficient (Wildman–Crippen LogP) is 1.02. The highest BCUT2D eigenvalue weighted by molar-refractivity contribution is 6.29. The van der Waals surface area contributed by atoms with Crippen LogP contribution < -0.4 is 5.32 Å². The van der Waals surface area contributed by atoms with E-state index >= 15 is 0 Å². The van der Waals surface area contributed by atoms with E-state index in [1.54, 1.807) is 6.92 Å². The Balaban J connectivity index is 2.35. The Kier molecular flexibility index (Phi) is 5.14. The Labute approximate surface area is 98.9 Å². The van der Waals surface area contributed by atoms with Gasteiger partial charge in [0, 0.05) is 6.54 Å². The van der Waals surface area contributed by atoms with E-state index < -0.39 is 0 Å². The van der Waals surface area contributed by atoms with Gasteiger partial charge in [-0.1, -0.05) is 11.6 Å². The molecule has 1 aromatic heterocycles. The molecule has 0 aliphatic heterocycles. The van der Waals surface area contributed by atoms with Crippen molar-refractivity contribution in [1.29, 1.82) is 0 Å². The largest absolute Gasteiger partial charge is 0.393 e. The molecule has 1 atom stereocenters. The summed E-state index contributed by atoms with van der Waals surface area (Å²) < 4.78 is 0. The highest BCUT2D eigenvalue weighted by Gasteiger charge is 2.07. The first kappa shape index (κ1) is 12.9. The molecule has 0 aliphatic carbocycles. The maximum Gasteiger partial charge on any atom is 0.271 e. The summed E-state index contributed by atoms with van der Waals surface area (Å²) in [6.07, 6.45) is 3.75. The van der Waals surface area contributed by atoms with Crippen molar-refractivity contribution in [2.24, 2.45) is 0 Å². The molecule has 0 aromatic carbocycles. The Morgan fingerprint density at radius 2 is 2.38 bits per heavy atom. The molecule has 0 radical (unpaired) electrons. The van der Waals surface area contributed by atoms with Gasteiger partial charge in [-0.3, -0.25) is 9.78 Å². The van der Waals surface area contributed by atoms with Gasteiger partial charge in [-0.15, -0.1) is 0 Å². The Morgan fingerprint density at radius 1 is 1.62 bits per heavy atom. The van der Waals surface area contributed by atoms with Crippen LogP contribution in [0.2, 0.25) is 5.15 Å². The van der Waals surface area contributed by atoms with Crippen molar-refractivity contribution in [3.63, 3.8) is 0 Å². The maximum atomic E-state index is 11.5. The fourth-order valence-corrected chi connectivity index (χ4v) is 1.29. The lowest BCUT2D eigenvalue weighted by atomic mass is 10.2. The van der Waals surface area contributed by atoms with Crippen molar-refractivity contribution in [3.8, 4) is 0 Å². The highest BCUT2D eigenvalue weighted by atomic mass is 35.5. The lowest BCUT2D eigenvalue weighted by molar-refractivity contribution is 0.0944. The average Bonchev–Trinajstić information content (AvgIpc) is 2.24. The van der Waals surface area contributed by atoms with Crippen LogP contribution in [0, 0.1) is 0 Å². The van der Waals surface area contributed by atoms with Gasteiger partial charge in [0.2, 0.25) is 0 Å². The molecular formula is C10H14ClN3O2. The Bertz CT molecular complexity index is 358. The number of halogens is 1. The summed E-state index contributed by atoms with van der Waals surface area (Å²) in [5.74, 6) is -0.305. The van der Waals surface area contributed by atoms with Crippen molar-refractivity contribution in [2.75, 3.05) is 6.54 Å². The minimum Gasteiger partial charge on any atom is -0.393 e. The molecule has 1 unspecified atom stereocenters. The summed E-state index contributed by atoms with van der Waals surface area (Å²) in [5.41, 5.74) is 0.199. The molecule has 2 N–H and O–H groups in total. The molecule has 16 heavy (non-hydrogen) atoms. The molecule has 0 aliphatic rings. The van der Waals surface area contributed by atoms with Gasteiger partial charge in [-0.25, -0.2) is 4.98 Å². The fraction of sp³-hybridized carbons (Fsp3) is 0.500. The minimum atomic E-state index is -0.345. The van der Waals surface area contributed by atoms with Crippen LogP contribution in [0.25, 0.3) is 0 Å². The van der Waals surface area contributed by atoms with Crippen molar-refractivity contribution in [2.45, 2.75) is 25.9 Å². The Morgan fingerprint density at radius 3 is 3.00 bits per heavy atom. The Hall–Kier alpha value is -1.20. The van der Waals surface area contributed by atoms with E-state index in [1.165, 1.54) is 12.4 Å². The number of aliphatic hydroxyl groups excluding tert-OH is 1. The number of aromatic nitrogens is 2. The number of nitrogens with one attached hydrogen (secondary N) is 1. The average molecular weight is 244 g/mol. The summed E-state index contributed by atoms with van der Waals surface area (Å²) in [6, 6.07) is 0. The summed E-state index contributed by atoms with van der Waals surface area (Å²) in [6.45, 7) is 2.21. The zero-order chi connectivity index (χ0) is 12.0. The van der Waals surface area contributed by atoms with Crippen LogP contribution in [0.15, 0.2) is 12.4 Å². The van der Waals surface area contributed by atoms with E-state index in [-0.39, 0.29) is 22.9 Å². The zero-order valence-corrected chi connectivity index (χ0v) is 9.74. The van der Waals surface area contributed by atoms with Crippen LogP contribution in [-0.4, -0.2) is 33.6 Å². The topological polar surface area (TPSA) is 75.1 Å². The number of carbonyl (C=O) groups excluding carboxylic acids is 1. The molecule has 1 aromatic rings. The maximum absolute atomic E-state index is 11.5. The second-order valence-corrected chi connectivity index (χ2v) is 3.86. The number of carbonyl (C=O) groups is 1. The molecule has 1 heterocycles. The molecule has 6 heteroatoms. The van der Waals surface area contributed by atoms with Gasteiger partial charge in [0.25, 0.3) is 5.91 Å². The first-order valence-electron chi connectivity index (χ1n) is 5.03. The van der Waals surface area contributed by atoms with E-state index in [9.17, 15) is 4.79 Å². The van der Waals surface area contributed by atoms with E-state index in [1.807, 2.05) is 0 Å². The van der Waals surface area contributed by atoms with Gasteiger partial charge in [-0.05, 0) is 19.8 Å². The predicted molar refractivity (Wildman–Crippen MR) is 60.3 cm³/mol. The van der Waals surface area contributed by atoms with Gasteiger partial charge in [0.15, 0.2) is 0 Å². The number of rotatable bonds is 5. The summed E-state index contributed by atoms with van der Waals surface area (Å²) in [7, 11) is 0. The molecule has 0 saturated heterocycles. The third-order valence-electron chi connectivity index (χ3n) is 1.92. The minimum absolute atomic E-state index is 0.191.